The molecular weight excluding hydrogens is 280 g/mol. The fraction of sp³-hybridized carbons (Fsp3) is 0.500. The van der Waals surface area contributed by atoms with Crippen LogP contribution in [0.1, 0.15) is 32.4 Å². The maximum Gasteiger partial charge on any atom is 0.0781 e. The van der Waals surface area contributed by atoms with Crippen LogP contribution in [0.3, 0.4) is 0 Å². The first kappa shape index (κ1) is 17.0. The van der Waals surface area contributed by atoms with Crippen LogP contribution in [0.25, 0.3) is 0 Å². The second kappa shape index (κ2) is 6.26. The summed E-state index contributed by atoms with van der Waals surface area (Å²) >= 11 is 12.0. The Balaban J connectivity index is 0.00000256. The van der Waals surface area contributed by atoms with Gasteiger partial charge < -0.3 is 10.8 Å². The van der Waals surface area contributed by atoms with Gasteiger partial charge in [-0.15, -0.1) is 12.4 Å². The van der Waals surface area contributed by atoms with Crippen molar-refractivity contribution >= 4 is 35.6 Å². The Kier molecular flexibility index (Phi) is 6.26. The smallest absolute Gasteiger partial charge is 0.0781 e. The molecule has 5 heteroatoms. The van der Waals surface area contributed by atoms with E-state index in [0.29, 0.717) is 15.6 Å². The van der Waals surface area contributed by atoms with E-state index in [1.165, 1.54) is 0 Å². The SMILES string of the molecule is CC(C)(C)[C@H](O)[C@H](N)c1cccc(Cl)c1Cl.Cl. The van der Waals surface area contributed by atoms with Gasteiger partial charge in [-0.3, -0.25) is 0 Å². The second-order valence-electron chi connectivity index (χ2n) is 4.98. The number of aliphatic hydroxyl groups excluding tert-OH is 1. The fourth-order valence-corrected chi connectivity index (χ4v) is 1.92. The quantitative estimate of drug-likeness (QED) is 0.872. The fourth-order valence-electron chi connectivity index (χ4n) is 1.49. The summed E-state index contributed by atoms with van der Waals surface area (Å²) in [7, 11) is 0. The van der Waals surface area contributed by atoms with E-state index in [1.54, 1.807) is 18.2 Å². The van der Waals surface area contributed by atoms with E-state index < -0.39 is 12.1 Å². The maximum absolute atomic E-state index is 10.1. The van der Waals surface area contributed by atoms with Crippen molar-refractivity contribution in [3.8, 4) is 0 Å². The lowest BCUT2D eigenvalue weighted by Crippen LogP contribution is -2.37. The van der Waals surface area contributed by atoms with Crippen molar-refractivity contribution in [2.75, 3.05) is 0 Å². The molecule has 0 saturated heterocycles. The number of hydrogen-bond acceptors (Lipinski definition) is 2. The highest BCUT2D eigenvalue weighted by Crippen LogP contribution is 2.34. The largest absolute Gasteiger partial charge is 0.391 e. The van der Waals surface area contributed by atoms with Gasteiger partial charge in [0.2, 0.25) is 0 Å². The summed E-state index contributed by atoms with van der Waals surface area (Å²) < 4.78 is 0. The topological polar surface area (TPSA) is 46.2 Å². The molecule has 2 nitrogen and oxygen atoms in total. The lowest BCUT2D eigenvalue weighted by molar-refractivity contribution is 0.0401. The standard InChI is InChI=1S/C12H17Cl2NO.ClH/c1-12(2,3)11(16)10(15)7-5-4-6-8(13)9(7)14;/h4-6,10-11,16H,15H2,1-3H3;1H/t10-,11-;/m1./s1. The molecule has 0 spiro atoms. The summed E-state index contributed by atoms with van der Waals surface area (Å²) in [5.74, 6) is 0. The number of rotatable bonds is 2. The number of benzene rings is 1. The van der Waals surface area contributed by atoms with Crippen molar-refractivity contribution in [2.24, 2.45) is 11.1 Å². The summed E-state index contributed by atoms with van der Waals surface area (Å²) in [6, 6.07) is 4.72. The van der Waals surface area contributed by atoms with Crippen LogP contribution in [-0.4, -0.2) is 11.2 Å². The van der Waals surface area contributed by atoms with Crippen LogP contribution >= 0.6 is 35.6 Å². The number of nitrogens with two attached hydrogens (primary N) is 1. The molecule has 0 saturated carbocycles. The van der Waals surface area contributed by atoms with Gasteiger partial charge in [0, 0.05) is 0 Å². The minimum atomic E-state index is -0.677. The first-order chi connectivity index (χ1) is 7.25. The van der Waals surface area contributed by atoms with Crippen molar-refractivity contribution in [3.05, 3.63) is 33.8 Å². The molecule has 2 atom stereocenters. The monoisotopic (exact) mass is 297 g/mol. The van der Waals surface area contributed by atoms with Gasteiger partial charge in [0.05, 0.1) is 22.2 Å². The summed E-state index contributed by atoms with van der Waals surface area (Å²) in [5, 5.41) is 11.0. The molecule has 0 bridgehead atoms. The molecule has 3 N–H and O–H groups in total. The van der Waals surface area contributed by atoms with Crippen LogP contribution in [0, 0.1) is 5.41 Å². The molecule has 0 fully saturated rings. The lowest BCUT2D eigenvalue weighted by atomic mass is 9.82. The molecule has 1 rings (SSSR count). The highest BCUT2D eigenvalue weighted by Gasteiger charge is 2.30. The molecule has 0 unspecified atom stereocenters. The molecule has 0 amide bonds. The van der Waals surface area contributed by atoms with Crippen LogP contribution in [0.5, 0.6) is 0 Å². The third-order valence-electron chi connectivity index (χ3n) is 2.57. The van der Waals surface area contributed by atoms with Gasteiger partial charge in [-0.05, 0) is 17.0 Å². The first-order valence-corrected chi connectivity index (χ1v) is 5.88. The average Bonchev–Trinajstić information content (AvgIpc) is 2.18. The molecule has 0 heterocycles. The summed E-state index contributed by atoms with van der Waals surface area (Å²) in [4.78, 5) is 0. The summed E-state index contributed by atoms with van der Waals surface area (Å²) in [6.07, 6.45) is -0.677. The predicted molar refractivity (Wildman–Crippen MR) is 76.1 cm³/mol. The summed E-state index contributed by atoms with van der Waals surface area (Å²) in [5.41, 5.74) is 6.38. The van der Waals surface area contributed by atoms with Gasteiger partial charge in [0.1, 0.15) is 0 Å². The Morgan fingerprint density at radius 3 is 2.24 bits per heavy atom. The molecule has 0 aliphatic heterocycles. The third-order valence-corrected chi connectivity index (χ3v) is 3.40. The van der Waals surface area contributed by atoms with E-state index in [1.807, 2.05) is 20.8 Å². The van der Waals surface area contributed by atoms with Crippen molar-refractivity contribution in [1.82, 2.24) is 0 Å². The van der Waals surface area contributed by atoms with Crippen LogP contribution in [0.2, 0.25) is 10.0 Å². The Bertz CT molecular complexity index is 377. The highest BCUT2D eigenvalue weighted by atomic mass is 35.5. The molecule has 0 aliphatic carbocycles. The van der Waals surface area contributed by atoms with Gasteiger partial charge >= 0.3 is 0 Å². The maximum atomic E-state index is 10.1. The molecule has 0 aromatic heterocycles. The van der Waals surface area contributed by atoms with Gasteiger partial charge in [0.25, 0.3) is 0 Å². The van der Waals surface area contributed by atoms with Gasteiger partial charge in [0.15, 0.2) is 0 Å². The van der Waals surface area contributed by atoms with E-state index in [9.17, 15) is 5.11 Å². The van der Waals surface area contributed by atoms with Crippen molar-refractivity contribution in [3.63, 3.8) is 0 Å². The Morgan fingerprint density at radius 1 is 1.24 bits per heavy atom. The lowest BCUT2D eigenvalue weighted by Gasteiger charge is -2.31. The number of hydrogen-bond donors (Lipinski definition) is 2. The zero-order valence-electron chi connectivity index (χ0n) is 10.1. The average molecular weight is 299 g/mol. The van der Waals surface area contributed by atoms with Crippen molar-refractivity contribution in [1.29, 1.82) is 0 Å². The van der Waals surface area contributed by atoms with Crippen LogP contribution in [-0.2, 0) is 0 Å². The zero-order chi connectivity index (χ0) is 12.5. The minimum absolute atomic E-state index is 0. The van der Waals surface area contributed by atoms with Gasteiger partial charge in [-0.1, -0.05) is 56.1 Å². The Hall–Kier alpha value is 0.01000. The van der Waals surface area contributed by atoms with E-state index in [4.69, 9.17) is 28.9 Å². The number of halogens is 3. The van der Waals surface area contributed by atoms with Gasteiger partial charge in [-0.2, -0.15) is 0 Å². The van der Waals surface area contributed by atoms with Crippen molar-refractivity contribution < 1.29 is 5.11 Å². The molecule has 17 heavy (non-hydrogen) atoms. The van der Waals surface area contributed by atoms with E-state index >= 15 is 0 Å². The molecule has 1 aromatic rings. The van der Waals surface area contributed by atoms with E-state index in [2.05, 4.69) is 0 Å². The Labute approximate surface area is 119 Å². The number of aliphatic hydroxyl groups is 1. The molecule has 98 valence electrons. The highest BCUT2D eigenvalue weighted by molar-refractivity contribution is 6.42. The zero-order valence-corrected chi connectivity index (χ0v) is 12.4. The summed E-state index contributed by atoms with van der Waals surface area (Å²) in [6.45, 7) is 5.78. The molecule has 1 aromatic carbocycles. The predicted octanol–water partition coefficient (Wildman–Crippen LogP) is 3.82. The molecule has 0 aliphatic rings. The molecular formula is C12H18Cl3NO. The third kappa shape index (κ3) is 4.01. The Morgan fingerprint density at radius 2 is 1.76 bits per heavy atom. The first-order valence-electron chi connectivity index (χ1n) is 5.12. The van der Waals surface area contributed by atoms with E-state index in [0.717, 1.165) is 0 Å². The van der Waals surface area contributed by atoms with E-state index in [-0.39, 0.29) is 17.8 Å². The van der Waals surface area contributed by atoms with Crippen LogP contribution in [0.4, 0.5) is 0 Å². The van der Waals surface area contributed by atoms with Gasteiger partial charge in [-0.25, -0.2) is 0 Å². The van der Waals surface area contributed by atoms with Crippen LogP contribution < -0.4 is 5.73 Å². The molecule has 0 radical (unpaired) electrons. The normalized spacial score (nSPS) is 15.0. The van der Waals surface area contributed by atoms with Crippen molar-refractivity contribution in [2.45, 2.75) is 32.9 Å². The minimum Gasteiger partial charge on any atom is -0.391 e. The second-order valence-corrected chi connectivity index (χ2v) is 5.76. The van der Waals surface area contributed by atoms with Crippen LogP contribution in [0.15, 0.2) is 18.2 Å².